The molecule has 0 aliphatic heterocycles. The first-order valence-corrected chi connectivity index (χ1v) is 18.0. The van der Waals surface area contributed by atoms with Crippen molar-refractivity contribution in [2.75, 3.05) is 0 Å². The van der Waals surface area contributed by atoms with Crippen molar-refractivity contribution in [3.05, 3.63) is 0 Å². The summed E-state index contributed by atoms with van der Waals surface area (Å²) >= 11 is 0. The maximum atomic E-state index is 12.4. The maximum Gasteiger partial charge on any atom is 0.328 e. The van der Waals surface area contributed by atoms with Gasteiger partial charge in [0.25, 0.3) is 10.1 Å². The highest BCUT2D eigenvalue weighted by atomic mass is 32.2. The van der Waals surface area contributed by atoms with Crippen LogP contribution in [0.4, 0.5) is 0 Å². The zero-order chi connectivity index (χ0) is 30.1. The first-order chi connectivity index (χ1) is 19.1. The number of unbranched alkanes of at least 4 members (excludes halogenated alkanes) is 22. The number of carboxylic acid groups (broad SMARTS) is 2. The summed E-state index contributed by atoms with van der Waals surface area (Å²) in [5, 5.41) is 19.8. The fourth-order valence-electron chi connectivity index (χ4n) is 5.82. The molecule has 2 unspecified atom stereocenters. The monoisotopic (exact) mass is 590 g/mol. The second-order valence-electron chi connectivity index (χ2n) is 11.9. The van der Waals surface area contributed by atoms with Crippen molar-refractivity contribution in [2.45, 2.75) is 186 Å². The first kappa shape index (κ1) is 38.9. The molecule has 0 bridgehead atoms. The van der Waals surface area contributed by atoms with Crippen LogP contribution in [0.5, 0.6) is 0 Å². The van der Waals surface area contributed by atoms with Crippen molar-refractivity contribution < 1.29 is 32.8 Å². The summed E-state index contributed by atoms with van der Waals surface area (Å²) in [7, 11) is -5.13. The molecule has 7 nitrogen and oxygen atoms in total. The molecular formula is C32H62O7S. The summed E-state index contributed by atoms with van der Waals surface area (Å²) in [6, 6.07) is 0. The lowest BCUT2D eigenvalue weighted by Gasteiger charge is -2.32. The summed E-state index contributed by atoms with van der Waals surface area (Å²) in [5.74, 6) is -4.90. The lowest BCUT2D eigenvalue weighted by Crippen LogP contribution is -2.55. The Labute approximate surface area is 246 Å². The number of hydrogen-bond acceptors (Lipinski definition) is 4. The molecule has 0 spiro atoms. The van der Waals surface area contributed by atoms with E-state index in [0.29, 0.717) is 12.8 Å². The molecule has 40 heavy (non-hydrogen) atoms. The predicted molar refractivity (Wildman–Crippen MR) is 164 cm³/mol. The van der Waals surface area contributed by atoms with Crippen molar-refractivity contribution in [2.24, 2.45) is 5.92 Å². The zero-order valence-electron chi connectivity index (χ0n) is 25.8. The molecule has 0 fully saturated rings. The van der Waals surface area contributed by atoms with E-state index >= 15 is 0 Å². The van der Waals surface area contributed by atoms with Crippen LogP contribution in [0.1, 0.15) is 181 Å². The lowest BCUT2D eigenvalue weighted by atomic mass is 9.82. The Morgan fingerprint density at radius 2 is 0.850 bits per heavy atom. The van der Waals surface area contributed by atoms with Crippen LogP contribution in [-0.2, 0) is 19.7 Å². The Morgan fingerprint density at radius 1 is 0.550 bits per heavy atom. The van der Waals surface area contributed by atoms with Crippen LogP contribution >= 0.6 is 0 Å². The van der Waals surface area contributed by atoms with Crippen LogP contribution < -0.4 is 0 Å². The van der Waals surface area contributed by atoms with E-state index in [1.165, 1.54) is 83.5 Å². The molecule has 0 aromatic carbocycles. The molecule has 0 aliphatic rings. The average molecular weight is 591 g/mol. The van der Waals surface area contributed by atoms with Gasteiger partial charge in [0.05, 0.1) is 5.92 Å². The van der Waals surface area contributed by atoms with Gasteiger partial charge in [0.1, 0.15) is 0 Å². The summed E-state index contributed by atoms with van der Waals surface area (Å²) in [5.41, 5.74) is 0. The van der Waals surface area contributed by atoms with Gasteiger partial charge in [-0.15, -0.1) is 0 Å². The SMILES string of the molecule is CCCCCCCCCCCCCCCCC(C(=O)O)C(CCCCCCCCCCCC)(C(=O)O)S(=O)(=O)O. The Kier molecular flexibility index (Phi) is 23.7. The third-order valence-corrected chi connectivity index (χ3v) is 10.0. The van der Waals surface area contributed by atoms with Crippen LogP contribution in [0.2, 0.25) is 0 Å². The largest absolute Gasteiger partial charge is 0.481 e. The topological polar surface area (TPSA) is 129 Å². The number of carbonyl (C=O) groups is 2. The minimum atomic E-state index is -5.13. The maximum absolute atomic E-state index is 12.4. The fourth-order valence-corrected chi connectivity index (χ4v) is 7.02. The van der Waals surface area contributed by atoms with Crippen LogP contribution in [-0.4, -0.2) is 39.9 Å². The molecule has 0 aromatic rings. The van der Waals surface area contributed by atoms with Crippen molar-refractivity contribution in [1.29, 1.82) is 0 Å². The number of rotatable bonds is 30. The Balaban J connectivity index is 4.53. The summed E-state index contributed by atoms with van der Waals surface area (Å²) < 4.78 is 32.1. The molecule has 0 saturated heterocycles. The van der Waals surface area contributed by atoms with E-state index in [1.54, 1.807) is 0 Å². The molecule has 0 aliphatic carbocycles. The van der Waals surface area contributed by atoms with E-state index in [9.17, 15) is 32.8 Å². The quantitative estimate of drug-likeness (QED) is 0.0561. The standard InChI is InChI=1S/C32H62O7S/c1-3-5-7-9-11-13-15-16-17-18-19-21-23-25-27-29(30(33)34)32(31(35)36,40(37,38)39)28-26-24-22-20-14-12-10-8-6-4-2/h29H,3-28H2,1-2H3,(H,33,34)(H,35,36)(H,37,38,39). The van der Waals surface area contributed by atoms with Crippen molar-refractivity contribution in [1.82, 2.24) is 0 Å². The normalized spacial score (nSPS) is 14.2. The minimum Gasteiger partial charge on any atom is -0.481 e. The molecule has 8 heteroatoms. The molecule has 0 aromatic heterocycles. The van der Waals surface area contributed by atoms with E-state index in [0.717, 1.165) is 51.4 Å². The van der Waals surface area contributed by atoms with Crippen molar-refractivity contribution >= 4 is 22.1 Å². The Morgan fingerprint density at radius 3 is 1.12 bits per heavy atom. The second kappa shape index (κ2) is 24.4. The molecule has 238 valence electrons. The third kappa shape index (κ3) is 17.0. The highest BCUT2D eigenvalue weighted by Gasteiger charge is 2.58. The summed E-state index contributed by atoms with van der Waals surface area (Å²) in [6.07, 6.45) is 25.2. The molecule has 3 N–H and O–H groups in total. The Bertz CT molecular complexity index is 738. The third-order valence-electron chi connectivity index (χ3n) is 8.43. The lowest BCUT2D eigenvalue weighted by molar-refractivity contribution is -0.152. The molecule has 0 radical (unpaired) electrons. The van der Waals surface area contributed by atoms with Gasteiger partial charge in [-0.1, -0.05) is 168 Å². The molecule has 0 heterocycles. The van der Waals surface area contributed by atoms with Gasteiger partial charge in [0, 0.05) is 0 Å². The van der Waals surface area contributed by atoms with Crippen LogP contribution in [0.3, 0.4) is 0 Å². The van der Waals surface area contributed by atoms with Crippen LogP contribution in [0, 0.1) is 5.92 Å². The Hall–Kier alpha value is -1.15. The second-order valence-corrected chi connectivity index (χ2v) is 13.6. The highest BCUT2D eigenvalue weighted by Crippen LogP contribution is 2.37. The van der Waals surface area contributed by atoms with Crippen LogP contribution in [0.15, 0.2) is 0 Å². The van der Waals surface area contributed by atoms with Gasteiger partial charge in [-0.25, -0.2) is 0 Å². The predicted octanol–water partition coefficient (Wildman–Crippen LogP) is 9.58. The molecule has 0 amide bonds. The number of hydrogen-bond donors (Lipinski definition) is 3. The van der Waals surface area contributed by atoms with Gasteiger partial charge in [-0.2, -0.15) is 8.42 Å². The van der Waals surface area contributed by atoms with E-state index in [4.69, 9.17) is 0 Å². The van der Waals surface area contributed by atoms with Gasteiger partial charge < -0.3 is 10.2 Å². The van der Waals surface area contributed by atoms with E-state index in [2.05, 4.69) is 13.8 Å². The highest BCUT2D eigenvalue weighted by molar-refractivity contribution is 7.88. The van der Waals surface area contributed by atoms with E-state index in [1.807, 2.05) is 0 Å². The van der Waals surface area contributed by atoms with E-state index < -0.39 is 32.7 Å². The van der Waals surface area contributed by atoms with Gasteiger partial charge in [-0.05, 0) is 12.8 Å². The molecule has 0 saturated carbocycles. The zero-order valence-corrected chi connectivity index (χ0v) is 26.7. The number of carboxylic acids is 2. The average Bonchev–Trinajstić information content (AvgIpc) is 2.89. The van der Waals surface area contributed by atoms with Gasteiger partial charge in [0.2, 0.25) is 4.75 Å². The molecule has 2 atom stereocenters. The van der Waals surface area contributed by atoms with Crippen molar-refractivity contribution in [3.8, 4) is 0 Å². The van der Waals surface area contributed by atoms with Crippen molar-refractivity contribution in [3.63, 3.8) is 0 Å². The molecule has 0 rings (SSSR count). The summed E-state index contributed by atoms with van der Waals surface area (Å²) in [6.45, 7) is 4.41. The summed E-state index contributed by atoms with van der Waals surface area (Å²) in [4.78, 5) is 24.4. The first-order valence-electron chi connectivity index (χ1n) is 16.6. The molecular weight excluding hydrogens is 528 g/mol. The van der Waals surface area contributed by atoms with Gasteiger partial charge >= 0.3 is 11.9 Å². The minimum absolute atomic E-state index is 0.0722. The van der Waals surface area contributed by atoms with Gasteiger partial charge in [0.15, 0.2) is 0 Å². The van der Waals surface area contributed by atoms with Crippen LogP contribution in [0.25, 0.3) is 0 Å². The van der Waals surface area contributed by atoms with Gasteiger partial charge in [-0.3, -0.25) is 14.1 Å². The fraction of sp³-hybridized carbons (Fsp3) is 0.938. The van der Waals surface area contributed by atoms with E-state index in [-0.39, 0.29) is 19.3 Å². The smallest absolute Gasteiger partial charge is 0.328 e. The number of aliphatic carboxylic acids is 2.